The van der Waals surface area contributed by atoms with Crippen molar-refractivity contribution in [1.29, 1.82) is 0 Å². The number of rotatable bonds is 2. The van der Waals surface area contributed by atoms with Crippen LogP contribution >= 0.6 is 0 Å². The molecular formula is C14H15NO3. The molecule has 0 radical (unpaired) electrons. The molecule has 4 heteroatoms. The summed E-state index contributed by atoms with van der Waals surface area (Å²) < 4.78 is 0. The number of fused-ring (bicyclic) bond motifs is 3. The molecular weight excluding hydrogens is 230 g/mol. The molecule has 3 rings (SSSR count). The number of carboxylic acid groups (broad SMARTS) is 1. The van der Waals surface area contributed by atoms with Crippen molar-refractivity contribution < 1.29 is 14.7 Å². The number of hydrogen-bond acceptors (Lipinski definition) is 2. The van der Waals surface area contributed by atoms with Crippen LogP contribution in [0.2, 0.25) is 0 Å². The fourth-order valence-electron chi connectivity index (χ4n) is 3.38. The van der Waals surface area contributed by atoms with Gasteiger partial charge in [0.15, 0.2) is 0 Å². The predicted octanol–water partition coefficient (Wildman–Crippen LogP) is 2.08. The summed E-state index contributed by atoms with van der Waals surface area (Å²) in [5, 5.41) is 12.1. The number of aliphatic carboxylic acids is 1. The molecule has 0 bridgehead atoms. The summed E-state index contributed by atoms with van der Waals surface area (Å²) >= 11 is 0. The minimum absolute atomic E-state index is 0.0357. The van der Waals surface area contributed by atoms with Crippen LogP contribution in [0.3, 0.4) is 0 Å². The monoisotopic (exact) mass is 245 g/mol. The first-order chi connectivity index (χ1) is 8.48. The molecule has 1 aliphatic heterocycles. The van der Waals surface area contributed by atoms with Gasteiger partial charge in [-0.25, -0.2) is 0 Å². The van der Waals surface area contributed by atoms with Crippen LogP contribution in [0.5, 0.6) is 0 Å². The first-order valence-electron chi connectivity index (χ1n) is 6.10. The fourth-order valence-corrected chi connectivity index (χ4v) is 3.38. The van der Waals surface area contributed by atoms with Crippen molar-refractivity contribution in [2.24, 2.45) is 17.3 Å². The Hall–Kier alpha value is -1.84. The summed E-state index contributed by atoms with van der Waals surface area (Å²) in [6, 6.07) is 7.65. The Morgan fingerprint density at radius 1 is 1.39 bits per heavy atom. The predicted molar refractivity (Wildman–Crippen MR) is 66.2 cm³/mol. The third-order valence-electron chi connectivity index (χ3n) is 4.70. The number of carbonyl (C=O) groups is 2. The standard InChI is InChI=1S/C14H15NO3/c1-7(13(17)18)14(2)10-8-5-3-4-6-9(8)15-12(16)11(10)14/h3-7,10-11H,1-2H3,(H,15,16)(H,17,18)/t7?,10-,11?,14?/m1/s1. The number of carbonyl (C=O) groups excluding carboxylic acids is 1. The Morgan fingerprint density at radius 2 is 2.06 bits per heavy atom. The minimum Gasteiger partial charge on any atom is -0.481 e. The van der Waals surface area contributed by atoms with Crippen LogP contribution < -0.4 is 5.32 Å². The molecule has 1 aromatic carbocycles. The van der Waals surface area contributed by atoms with E-state index < -0.39 is 17.3 Å². The summed E-state index contributed by atoms with van der Waals surface area (Å²) in [5.41, 5.74) is 1.42. The molecule has 1 aromatic rings. The van der Waals surface area contributed by atoms with Crippen LogP contribution in [-0.4, -0.2) is 17.0 Å². The summed E-state index contributed by atoms with van der Waals surface area (Å²) in [5.74, 6) is -1.58. The Balaban J connectivity index is 2.06. The van der Waals surface area contributed by atoms with Crippen molar-refractivity contribution in [3.8, 4) is 0 Å². The van der Waals surface area contributed by atoms with Gasteiger partial charge >= 0.3 is 5.97 Å². The van der Waals surface area contributed by atoms with Crippen LogP contribution in [0.15, 0.2) is 24.3 Å². The third kappa shape index (κ3) is 1.20. The van der Waals surface area contributed by atoms with Gasteiger partial charge < -0.3 is 10.4 Å². The lowest BCUT2D eigenvalue weighted by Gasteiger charge is -2.16. The zero-order chi connectivity index (χ0) is 13.1. The molecule has 0 saturated heterocycles. The van der Waals surface area contributed by atoms with Crippen molar-refractivity contribution >= 4 is 17.6 Å². The number of amides is 1. The van der Waals surface area contributed by atoms with Gasteiger partial charge in [0.2, 0.25) is 5.91 Å². The molecule has 1 fully saturated rings. The van der Waals surface area contributed by atoms with Gasteiger partial charge in [0, 0.05) is 17.0 Å². The van der Waals surface area contributed by atoms with Crippen LogP contribution in [0.1, 0.15) is 25.3 Å². The van der Waals surface area contributed by atoms with Gasteiger partial charge in [0.05, 0.1) is 11.8 Å². The van der Waals surface area contributed by atoms with Crippen LogP contribution in [0, 0.1) is 17.3 Å². The Morgan fingerprint density at radius 3 is 2.72 bits per heavy atom. The van der Waals surface area contributed by atoms with E-state index in [1.165, 1.54) is 0 Å². The largest absolute Gasteiger partial charge is 0.481 e. The highest BCUT2D eigenvalue weighted by Crippen LogP contribution is 2.71. The van der Waals surface area contributed by atoms with E-state index in [-0.39, 0.29) is 17.7 Å². The Bertz CT molecular complexity index is 554. The lowest BCUT2D eigenvalue weighted by atomic mass is 9.87. The molecule has 3 unspecified atom stereocenters. The van der Waals surface area contributed by atoms with E-state index in [0.29, 0.717) is 0 Å². The molecule has 2 N–H and O–H groups in total. The van der Waals surface area contributed by atoms with Crippen molar-refractivity contribution in [2.45, 2.75) is 19.8 Å². The van der Waals surface area contributed by atoms with E-state index >= 15 is 0 Å². The maximum Gasteiger partial charge on any atom is 0.306 e. The molecule has 4 atom stereocenters. The highest BCUT2D eigenvalue weighted by molar-refractivity contribution is 6.01. The van der Waals surface area contributed by atoms with Crippen molar-refractivity contribution in [3.05, 3.63) is 29.8 Å². The van der Waals surface area contributed by atoms with Gasteiger partial charge in [-0.2, -0.15) is 0 Å². The summed E-state index contributed by atoms with van der Waals surface area (Å²) in [6.45, 7) is 3.60. The molecule has 1 saturated carbocycles. The summed E-state index contributed by atoms with van der Waals surface area (Å²) in [4.78, 5) is 23.3. The molecule has 1 heterocycles. The van der Waals surface area contributed by atoms with Gasteiger partial charge in [-0.15, -0.1) is 0 Å². The maximum atomic E-state index is 12.0. The molecule has 94 valence electrons. The van der Waals surface area contributed by atoms with Crippen LogP contribution in [0.4, 0.5) is 5.69 Å². The highest BCUT2D eigenvalue weighted by atomic mass is 16.4. The average Bonchev–Trinajstić information content (AvgIpc) is 2.98. The first kappa shape index (κ1) is 11.3. The first-order valence-corrected chi connectivity index (χ1v) is 6.10. The summed E-state index contributed by atoms with van der Waals surface area (Å²) in [7, 11) is 0. The average molecular weight is 245 g/mol. The van der Waals surface area contributed by atoms with E-state index in [1.54, 1.807) is 6.92 Å². The molecule has 0 aromatic heterocycles. The van der Waals surface area contributed by atoms with E-state index in [2.05, 4.69) is 5.32 Å². The number of hydrogen-bond donors (Lipinski definition) is 2. The molecule has 4 nitrogen and oxygen atoms in total. The fraction of sp³-hybridized carbons (Fsp3) is 0.429. The number of nitrogens with one attached hydrogen (secondary N) is 1. The zero-order valence-electron chi connectivity index (χ0n) is 10.3. The van der Waals surface area contributed by atoms with Crippen LogP contribution in [-0.2, 0) is 9.59 Å². The van der Waals surface area contributed by atoms with Gasteiger partial charge in [-0.05, 0) is 11.6 Å². The Kier molecular flexibility index (Phi) is 2.09. The second-order valence-electron chi connectivity index (χ2n) is 5.46. The number of carboxylic acids is 1. The number of anilines is 1. The van der Waals surface area contributed by atoms with Gasteiger partial charge in [-0.1, -0.05) is 32.0 Å². The normalized spacial score (nSPS) is 34.0. The van der Waals surface area contributed by atoms with E-state index in [1.807, 2.05) is 31.2 Å². The smallest absolute Gasteiger partial charge is 0.306 e. The third-order valence-corrected chi connectivity index (χ3v) is 4.70. The molecule has 18 heavy (non-hydrogen) atoms. The maximum absolute atomic E-state index is 12.0. The van der Waals surface area contributed by atoms with Gasteiger partial charge in [0.1, 0.15) is 0 Å². The summed E-state index contributed by atoms with van der Waals surface area (Å²) in [6.07, 6.45) is 0. The quantitative estimate of drug-likeness (QED) is 0.838. The second kappa shape index (κ2) is 3.34. The molecule has 1 amide bonds. The van der Waals surface area contributed by atoms with E-state index in [0.717, 1.165) is 11.3 Å². The molecule has 0 spiro atoms. The number of para-hydroxylation sites is 1. The highest BCUT2D eigenvalue weighted by Gasteiger charge is 2.70. The van der Waals surface area contributed by atoms with Crippen molar-refractivity contribution in [3.63, 3.8) is 0 Å². The van der Waals surface area contributed by atoms with E-state index in [4.69, 9.17) is 0 Å². The van der Waals surface area contributed by atoms with Gasteiger partial charge in [-0.3, -0.25) is 9.59 Å². The lowest BCUT2D eigenvalue weighted by Crippen LogP contribution is -2.25. The topological polar surface area (TPSA) is 66.4 Å². The lowest BCUT2D eigenvalue weighted by molar-refractivity contribution is -0.143. The minimum atomic E-state index is -0.836. The van der Waals surface area contributed by atoms with Crippen LogP contribution in [0.25, 0.3) is 0 Å². The SMILES string of the molecule is CC(C(=O)O)C1(C)C2C(=O)Nc3ccccc3[C@H]21. The van der Waals surface area contributed by atoms with E-state index in [9.17, 15) is 14.7 Å². The number of benzene rings is 1. The van der Waals surface area contributed by atoms with Crippen molar-refractivity contribution in [1.82, 2.24) is 0 Å². The second-order valence-corrected chi connectivity index (χ2v) is 5.46. The Labute approximate surface area is 105 Å². The zero-order valence-corrected chi connectivity index (χ0v) is 10.3. The van der Waals surface area contributed by atoms with Gasteiger partial charge in [0.25, 0.3) is 0 Å². The van der Waals surface area contributed by atoms with Crippen molar-refractivity contribution in [2.75, 3.05) is 5.32 Å². The molecule has 2 aliphatic rings. The molecule has 1 aliphatic carbocycles.